The van der Waals surface area contributed by atoms with Gasteiger partial charge in [-0.05, 0) is 41.2 Å². The Labute approximate surface area is 103 Å². The van der Waals surface area contributed by atoms with Crippen molar-refractivity contribution in [3.05, 3.63) is 20.8 Å². The highest BCUT2D eigenvalue weighted by Gasteiger charge is 2.12. The van der Waals surface area contributed by atoms with Crippen LogP contribution in [-0.4, -0.2) is 12.3 Å². The van der Waals surface area contributed by atoms with Gasteiger partial charge in [-0.25, -0.2) is 0 Å². The molecule has 4 heteroatoms. The van der Waals surface area contributed by atoms with E-state index >= 15 is 0 Å². The van der Waals surface area contributed by atoms with Gasteiger partial charge in [0, 0.05) is 27.2 Å². The van der Waals surface area contributed by atoms with Crippen molar-refractivity contribution in [3.8, 4) is 0 Å². The van der Waals surface area contributed by atoms with Gasteiger partial charge in [-0.2, -0.15) is 11.3 Å². The van der Waals surface area contributed by atoms with Crippen LogP contribution in [-0.2, 0) is 0 Å². The Kier molecular flexibility index (Phi) is 5.50. The Balaban J connectivity index is 2.40. The van der Waals surface area contributed by atoms with Crippen LogP contribution >= 0.6 is 27.3 Å². The Morgan fingerprint density at radius 2 is 2.27 bits per heavy atom. The van der Waals surface area contributed by atoms with Crippen molar-refractivity contribution in [2.45, 2.75) is 26.2 Å². The standard InChI is InChI=1S/C11H16BrNOS/c1-8(4-5-13)2-3-11(14)9-6-15-7-10(9)12/h6-8H,2-5,13H2,1H3. The molecule has 1 aromatic rings. The highest BCUT2D eigenvalue weighted by Crippen LogP contribution is 2.23. The summed E-state index contributed by atoms with van der Waals surface area (Å²) in [5.41, 5.74) is 6.28. The molecule has 1 atom stereocenters. The molecule has 0 aromatic carbocycles. The molecule has 1 unspecified atom stereocenters. The zero-order valence-electron chi connectivity index (χ0n) is 8.83. The third-order valence-electron chi connectivity index (χ3n) is 2.44. The van der Waals surface area contributed by atoms with E-state index in [2.05, 4.69) is 22.9 Å². The fraction of sp³-hybridized carbons (Fsp3) is 0.545. The van der Waals surface area contributed by atoms with E-state index in [0.29, 0.717) is 18.9 Å². The summed E-state index contributed by atoms with van der Waals surface area (Å²) in [5.74, 6) is 0.767. The molecule has 0 aliphatic rings. The topological polar surface area (TPSA) is 43.1 Å². The zero-order valence-corrected chi connectivity index (χ0v) is 11.2. The third-order valence-corrected chi connectivity index (χ3v) is 4.14. The summed E-state index contributed by atoms with van der Waals surface area (Å²) < 4.78 is 0.920. The lowest BCUT2D eigenvalue weighted by Gasteiger charge is -2.08. The maximum Gasteiger partial charge on any atom is 0.164 e. The first-order valence-corrected chi connectivity index (χ1v) is 6.83. The fourth-order valence-electron chi connectivity index (χ4n) is 1.42. The van der Waals surface area contributed by atoms with Crippen LogP contribution in [0.3, 0.4) is 0 Å². The van der Waals surface area contributed by atoms with E-state index in [1.54, 1.807) is 11.3 Å². The van der Waals surface area contributed by atoms with E-state index in [4.69, 9.17) is 5.73 Å². The van der Waals surface area contributed by atoms with Gasteiger partial charge in [-0.1, -0.05) is 6.92 Å². The number of hydrogen-bond acceptors (Lipinski definition) is 3. The molecule has 0 fully saturated rings. The van der Waals surface area contributed by atoms with Crippen molar-refractivity contribution < 1.29 is 4.79 Å². The number of thiophene rings is 1. The van der Waals surface area contributed by atoms with Crippen LogP contribution in [0.2, 0.25) is 0 Å². The van der Waals surface area contributed by atoms with Crippen molar-refractivity contribution in [2.75, 3.05) is 6.54 Å². The molecule has 0 aliphatic heterocycles. The number of halogens is 1. The maximum absolute atomic E-state index is 11.8. The quantitative estimate of drug-likeness (QED) is 0.815. The fourth-order valence-corrected chi connectivity index (χ4v) is 2.94. The van der Waals surface area contributed by atoms with E-state index < -0.39 is 0 Å². The molecule has 0 saturated heterocycles. The van der Waals surface area contributed by atoms with Crippen molar-refractivity contribution in [1.82, 2.24) is 0 Å². The summed E-state index contributed by atoms with van der Waals surface area (Å²) in [6, 6.07) is 0. The van der Waals surface area contributed by atoms with Crippen LogP contribution in [0.5, 0.6) is 0 Å². The van der Waals surface area contributed by atoms with Crippen LogP contribution < -0.4 is 5.73 Å². The molecule has 0 amide bonds. The monoisotopic (exact) mass is 289 g/mol. The van der Waals surface area contributed by atoms with E-state index in [0.717, 1.165) is 22.9 Å². The molecule has 2 N–H and O–H groups in total. The molecule has 1 aromatic heterocycles. The van der Waals surface area contributed by atoms with Gasteiger partial charge in [0.1, 0.15) is 0 Å². The number of nitrogens with two attached hydrogens (primary N) is 1. The minimum atomic E-state index is 0.229. The van der Waals surface area contributed by atoms with Gasteiger partial charge in [-0.15, -0.1) is 0 Å². The van der Waals surface area contributed by atoms with Crippen molar-refractivity contribution in [2.24, 2.45) is 11.7 Å². The Bertz CT molecular complexity index is 324. The molecule has 84 valence electrons. The van der Waals surface area contributed by atoms with Crippen LogP contribution in [0, 0.1) is 5.92 Å². The smallest absolute Gasteiger partial charge is 0.164 e. The first kappa shape index (κ1) is 12.9. The summed E-state index contributed by atoms with van der Waals surface area (Å²) >= 11 is 4.93. The second kappa shape index (κ2) is 6.40. The molecule has 0 spiro atoms. The first-order chi connectivity index (χ1) is 7.15. The van der Waals surface area contributed by atoms with E-state index in [-0.39, 0.29) is 5.78 Å². The average Bonchev–Trinajstić information content (AvgIpc) is 2.61. The number of carbonyl (C=O) groups excluding carboxylic acids is 1. The lowest BCUT2D eigenvalue weighted by atomic mass is 9.99. The molecule has 2 nitrogen and oxygen atoms in total. The molecular weight excluding hydrogens is 274 g/mol. The summed E-state index contributed by atoms with van der Waals surface area (Å²) in [6.45, 7) is 2.85. The van der Waals surface area contributed by atoms with Gasteiger partial charge in [0.25, 0.3) is 0 Å². The van der Waals surface area contributed by atoms with Crippen LogP contribution in [0.4, 0.5) is 0 Å². The van der Waals surface area contributed by atoms with Gasteiger partial charge in [0.15, 0.2) is 5.78 Å². The van der Waals surface area contributed by atoms with Gasteiger partial charge < -0.3 is 5.73 Å². The van der Waals surface area contributed by atoms with E-state index in [1.165, 1.54) is 0 Å². The Hall–Kier alpha value is -0.190. The van der Waals surface area contributed by atoms with Crippen molar-refractivity contribution in [3.63, 3.8) is 0 Å². The minimum absolute atomic E-state index is 0.229. The molecule has 1 rings (SSSR count). The maximum atomic E-state index is 11.8. The van der Waals surface area contributed by atoms with Gasteiger partial charge >= 0.3 is 0 Å². The molecular formula is C11H16BrNOS. The van der Waals surface area contributed by atoms with E-state index in [1.807, 2.05) is 10.8 Å². The lowest BCUT2D eigenvalue weighted by molar-refractivity contribution is 0.0974. The number of hydrogen-bond donors (Lipinski definition) is 1. The highest BCUT2D eigenvalue weighted by atomic mass is 79.9. The second-order valence-electron chi connectivity index (χ2n) is 3.78. The molecule has 0 radical (unpaired) electrons. The summed E-state index contributed by atoms with van der Waals surface area (Å²) in [6.07, 6.45) is 2.55. The molecule has 1 heterocycles. The van der Waals surface area contributed by atoms with Gasteiger partial charge in [-0.3, -0.25) is 4.79 Å². The Morgan fingerprint density at radius 3 is 2.80 bits per heavy atom. The number of rotatable bonds is 6. The van der Waals surface area contributed by atoms with Gasteiger partial charge in [0.2, 0.25) is 0 Å². The third kappa shape index (κ3) is 4.05. The SMILES string of the molecule is CC(CCN)CCC(=O)c1cscc1Br. The summed E-state index contributed by atoms with van der Waals surface area (Å²) in [5, 5.41) is 3.84. The lowest BCUT2D eigenvalue weighted by Crippen LogP contribution is -2.08. The van der Waals surface area contributed by atoms with E-state index in [9.17, 15) is 4.79 Å². The highest BCUT2D eigenvalue weighted by molar-refractivity contribution is 9.10. The first-order valence-electron chi connectivity index (χ1n) is 5.10. The number of Topliss-reactive ketones (excluding diaryl/α,β-unsaturated/α-hetero) is 1. The molecule has 0 aliphatic carbocycles. The van der Waals surface area contributed by atoms with Crippen LogP contribution in [0.25, 0.3) is 0 Å². The molecule has 0 saturated carbocycles. The predicted molar refractivity (Wildman–Crippen MR) is 68.4 cm³/mol. The predicted octanol–water partition coefficient (Wildman–Crippen LogP) is 3.46. The normalized spacial score (nSPS) is 12.7. The number of carbonyl (C=O) groups is 1. The minimum Gasteiger partial charge on any atom is -0.330 e. The largest absolute Gasteiger partial charge is 0.330 e. The van der Waals surface area contributed by atoms with Gasteiger partial charge in [0.05, 0.1) is 0 Å². The Morgan fingerprint density at radius 1 is 1.53 bits per heavy atom. The summed E-state index contributed by atoms with van der Waals surface area (Å²) in [7, 11) is 0. The van der Waals surface area contributed by atoms with Crippen LogP contribution in [0.15, 0.2) is 15.2 Å². The van der Waals surface area contributed by atoms with Crippen molar-refractivity contribution in [1.29, 1.82) is 0 Å². The molecule has 15 heavy (non-hydrogen) atoms. The van der Waals surface area contributed by atoms with Crippen LogP contribution in [0.1, 0.15) is 36.5 Å². The number of ketones is 1. The summed E-state index contributed by atoms with van der Waals surface area (Å²) in [4.78, 5) is 11.8. The molecule has 0 bridgehead atoms. The second-order valence-corrected chi connectivity index (χ2v) is 5.38. The van der Waals surface area contributed by atoms with Crippen molar-refractivity contribution >= 4 is 33.0 Å². The zero-order chi connectivity index (χ0) is 11.3. The average molecular weight is 290 g/mol.